The zero-order chi connectivity index (χ0) is 14.3. The molecule has 19 heavy (non-hydrogen) atoms. The minimum Gasteiger partial charge on any atom is -0.469 e. The van der Waals surface area contributed by atoms with Crippen molar-refractivity contribution in [3.63, 3.8) is 0 Å². The van der Waals surface area contributed by atoms with E-state index in [-0.39, 0.29) is 18.1 Å². The molecule has 1 rings (SSSR count). The molecule has 0 amide bonds. The van der Waals surface area contributed by atoms with Crippen LogP contribution in [0.1, 0.15) is 25.7 Å². The number of sulfonamides is 1. The summed E-state index contributed by atoms with van der Waals surface area (Å²) in [5.74, 6) is 0.0337. The van der Waals surface area contributed by atoms with Crippen LogP contribution in [0, 0.1) is 5.92 Å². The molecule has 0 aromatic heterocycles. The summed E-state index contributed by atoms with van der Waals surface area (Å²) in [6, 6.07) is 0. The molecule has 0 aromatic rings. The molecule has 7 heteroatoms. The quantitative estimate of drug-likeness (QED) is 0.679. The third-order valence-electron chi connectivity index (χ3n) is 3.45. The van der Waals surface area contributed by atoms with Crippen molar-refractivity contribution in [1.82, 2.24) is 9.62 Å². The van der Waals surface area contributed by atoms with Crippen LogP contribution in [0.5, 0.6) is 0 Å². The van der Waals surface area contributed by atoms with Crippen LogP contribution in [0.25, 0.3) is 0 Å². The molecule has 112 valence electrons. The highest BCUT2D eigenvalue weighted by Crippen LogP contribution is 2.15. The van der Waals surface area contributed by atoms with Crippen molar-refractivity contribution in [1.29, 1.82) is 0 Å². The second kappa shape index (κ2) is 7.81. The molecule has 0 radical (unpaired) electrons. The second-order valence-electron chi connectivity index (χ2n) is 5.09. The summed E-state index contributed by atoms with van der Waals surface area (Å²) in [5, 5.41) is 0. The predicted octanol–water partition coefficient (Wildman–Crippen LogP) is 0.201. The molecule has 0 unspecified atom stereocenters. The standard InChI is InChI=1S/C12H24N2O4S/c1-14-7-5-11(6-8-14)10-13-19(16,17)9-3-4-12(15)18-2/h11,13H,3-10H2,1-2H3. The van der Waals surface area contributed by atoms with Crippen molar-refractivity contribution < 1.29 is 17.9 Å². The summed E-state index contributed by atoms with van der Waals surface area (Å²) in [7, 11) is 0.108. The maximum Gasteiger partial charge on any atom is 0.305 e. The van der Waals surface area contributed by atoms with Gasteiger partial charge in [0.25, 0.3) is 0 Å². The van der Waals surface area contributed by atoms with Crippen LogP contribution in [0.15, 0.2) is 0 Å². The lowest BCUT2D eigenvalue weighted by atomic mass is 9.98. The lowest BCUT2D eigenvalue weighted by Crippen LogP contribution is -2.37. The topological polar surface area (TPSA) is 75.7 Å². The van der Waals surface area contributed by atoms with Crippen LogP contribution in [-0.4, -0.2) is 58.8 Å². The van der Waals surface area contributed by atoms with Crippen molar-refractivity contribution in [2.24, 2.45) is 5.92 Å². The number of hydrogen-bond acceptors (Lipinski definition) is 5. The lowest BCUT2D eigenvalue weighted by Gasteiger charge is -2.28. The molecule has 6 nitrogen and oxygen atoms in total. The minimum atomic E-state index is -3.27. The van der Waals surface area contributed by atoms with Gasteiger partial charge in [-0.1, -0.05) is 0 Å². The molecule has 0 atom stereocenters. The van der Waals surface area contributed by atoms with E-state index in [0.29, 0.717) is 18.9 Å². The molecule has 1 aliphatic heterocycles. The van der Waals surface area contributed by atoms with Crippen LogP contribution >= 0.6 is 0 Å². The molecule has 1 N–H and O–H groups in total. The third-order valence-corrected chi connectivity index (χ3v) is 4.88. The maximum atomic E-state index is 11.7. The Kier molecular flexibility index (Phi) is 6.74. The summed E-state index contributed by atoms with van der Waals surface area (Å²) in [5.41, 5.74) is 0. The van der Waals surface area contributed by atoms with Crippen LogP contribution < -0.4 is 4.72 Å². The van der Waals surface area contributed by atoms with Gasteiger partial charge in [-0.05, 0) is 45.3 Å². The first kappa shape index (κ1) is 16.4. The van der Waals surface area contributed by atoms with E-state index >= 15 is 0 Å². The largest absolute Gasteiger partial charge is 0.469 e. The molecule has 1 aliphatic rings. The molecule has 0 bridgehead atoms. The van der Waals surface area contributed by atoms with Gasteiger partial charge in [0.1, 0.15) is 0 Å². The highest BCUT2D eigenvalue weighted by atomic mass is 32.2. The van der Waals surface area contributed by atoms with Gasteiger partial charge < -0.3 is 9.64 Å². The third kappa shape index (κ3) is 6.89. The molecule has 1 saturated heterocycles. The first-order valence-electron chi connectivity index (χ1n) is 6.65. The molecule has 0 saturated carbocycles. The minimum absolute atomic E-state index is 0.0191. The number of rotatable bonds is 7. The summed E-state index contributed by atoms with van der Waals surface area (Å²) in [6.45, 7) is 2.55. The Morgan fingerprint density at radius 1 is 1.37 bits per heavy atom. The zero-order valence-corrected chi connectivity index (χ0v) is 12.5. The molecular weight excluding hydrogens is 268 g/mol. The molecule has 1 heterocycles. The highest BCUT2D eigenvalue weighted by molar-refractivity contribution is 7.89. The van der Waals surface area contributed by atoms with Gasteiger partial charge in [0.05, 0.1) is 12.9 Å². The van der Waals surface area contributed by atoms with Gasteiger partial charge >= 0.3 is 5.97 Å². The fourth-order valence-electron chi connectivity index (χ4n) is 2.09. The van der Waals surface area contributed by atoms with Crippen LogP contribution in [-0.2, 0) is 19.6 Å². The SMILES string of the molecule is COC(=O)CCCS(=O)(=O)NCC1CCN(C)CC1. The Labute approximate surface area is 115 Å². The summed E-state index contributed by atoms with van der Waals surface area (Å²) in [6.07, 6.45) is 2.50. The number of hydrogen-bond donors (Lipinski definition) is 1. The average Bonchev–Trinajstić information content (AvgIpc) is 2.38. The number of ether oxygens (including phenoxy) is 1. The normalized spacial score (nSPS) is 18.4. The first-order chi connectivity index (χ1) is 8.93. The molecule has 1 fully saturated rings. The van der Waals surface area contributed by atoms with Crippen molar-refractivity contribution >= 4 is 16.0 Å². The van der Waals surface area contributed by atoms with E-state index < -0.39 is 10.0 Å². The summed E-state index contributed by atoms with van der Waals surface area (Å²) >= 11 is 0. The van der Waals surface area contributed by atoms with E-state index in [2.05, 4.69) is 21.4 Å². The van der Waals surface area contributed by atoms with E-state index in [1.165, 1.54) is 7.11 Å². The molecular formula is C12H24N2O4S. The Balaban J connectivity index is 2.21. The molecule has 0 aromatic carbocycles. The van der Waals surface area contributed by atoms with Gasteiger partial charge in [-0.15, -0.1) is 0 Å². The van der Waals surface area contributed by atoms with Crippen molar-refractivity contribution in [3.05, 3.63) is 0 Å². The number of piperidine rings is 1. The van der Waals surface area contributed by atoms with E-state index in [9.17, 15) is 13.2 Å². The summed E-state index contributed by atoms with van der Waals surface area (Å²) in [4.78, 5) is 13.1. The van der Waals surface area contributed by atoms with Crippen LogP contribution in [0.4, 0.5) is 0 Å². The number of carbonyl (C=O) groups excluding carboxylic acids is 1. The molecule has 0 aliphatic carbocycles. The number of carbonyl (C=O) groups is 1. The van der Waals surface area contributed by atoms with E-state index in [1.54, 1.807) is 0 Å². The van der Waals surface area contributed by atoms with E-state index in [1.807, 2.05) is 0 Å². The Morgan fingerprint density at radius 2 is 2.00 bits per heavy atom. The maximum absolute atomic E-state index is 11.7. The van der Waals surface area contributed by atoms with Gasteiger partial charge in [-0.25, -0.2) is 13.1 Å². The van der Waals surface area contributed by atoms with Crippen molar-refractivity contribution in [2.75, 3.05) is 39.5 Å². The smallest absolute Gasteiger partial charge is 0.305 e. The van der Waals surface area contributed by atoms with Crippen molar-refractivity contribution in [2.45, 2.75) is 25.7 Å². The van der Waals surface area contributed by atoms with Gasteiger partial charge in [0, 0.05) is 13.0 Å². The molecule has 0 spiro atoms. The second-order valence-corrected chi connectivity index (χ2v) is 7.02. The average molecular weight is 292 g/mol. The number of methoxy groups -OCH3 is 1. The van der Waals surface area contributed by atoms with Crippen molar-refractivity contribution in [3.8, 4) is 0 Å². The Morgan fingerprint density at radius 3 is 2.58 bits per heavy atom. The van der Waals surface area contributed by atoms with Crippen LogP contribution in [0.2, 0.25) is 0 Å². The van der Waals surface area contributed by atoms with E-state index in [4.69, 9.17) is 0 Å². The van der Waals surface area contributed by atoms with Gasteiger partial charge in [-0.2, -0.15) is 0 Å². The Hall–Kier alpha value is -0.660. The van der Waals surface area contributed by atoms with Gasteiger partial charge in [0.15, 0.2) is 0 Å². The summed E-state index contributed by atoms with van der Waals surface area (Å²) < 4.78 is 30.6. The lowest BCUT2D eigenvalue weighted by molar-refractivity contribution is -0.140. The van der Waals surface area contributed by atoms with Crippen LogP contribution in [0.3, 0.4) is 0 Å². The zero-order valence-electron chi connectivity index (χ0n) is 11.7. The van der Waals surface area contributed by atoms with Gasteiger partial charge in [0.2, 0.25) is 10.0 Å². The van der Waals surface area contributed by atoms with E-state index in [0.717, 1.165) is 25.9 Å². The number of likely N-dealkylation sites (tertiary alicyclic amines) is 1. The highest BCUT2D eigenvalue weighted by Gasteiger charge is 2.19. The monoisotopic (exact) mass is 292 g/mol. The number of nitrogens with one attached hydrogen (secondary N) is 1. The first-order valence-corrected chi connectivity index (χ1v) is 8.31. The fraction of sp³-hybridized carbons (Fsp3) is 0.917. The van der Waals surface area contributed by atoms with Gasteiger partial charge in [-0.3, -0.25) is 4.79 Å². The number of nitrogens with zero attached hydrogens (tertiary/aromatic N) is 1. The number of esters is 1. The Bertz CT molecular complexity index is 375. The predicted molar refractivity (Wildman–Crippen MR) is 73.3 cm³/mol. The fourth-order valence-corrected chi connectivity index (χ4v) is 3.25.